The van der Waals surface area contributed by atoms with E-state index in [0.29, 0.717) is 5.56 Å². The number of aliphatic hydroxyl groups excluding tert-OH is 1. The van der Waals surface area contributed by atoms with Gasteiger partial charge in [-0.15, -0.1) is 0 Å². The van der Waals surface area contributed by atoms with Gasteiger partial charge in [-0.25, -0.2) is 24.0 Å². The van der Waals surface area contributed by atoms with Gasteiger partial charge in [-0.1, -0.05) is 293 Å². The third kappa shape index (κ3) is 21.4. The topological polar surface area (TPSA) is 244 Å². The molecule has 3 aliphatic rings. The van der Waals surface area contributed by atoms with Gasteiger partial charge in [-0.2, -0.15) is 0 Å². The summed E-state index contributed by atoms with van der Waals surface area (Å²) in [5.74, 6) is -4.53. The second-order valence-electron chi connectivity index (χ2n) is 30.5. The fraction of sp³-hybridized carbons (Fsp3) is 0.276. The van der Waals surface area contributed by atoms with Crippen molar-refractivity contribution in [3.8, 4) is 0 Å². The summed E-state index contributed by atoms with van der Waals surface area (Å²) in [6.07, 6.45) is -24.4. The largest absolute Gasteiger partial charge is 0.452 e. The monoisotopic (exact) mass is 1640 g/mol. The van der Waals surface area contributed by atoms with Crippen molar-refractivity contribution in [3.63, 3.8) is 0 Å². The number of aliphatic hydroxyl groups is 1. The van der Waals surface area contributed by atoms with Crippen LogP contribution in [-0.2, 0) is 97.2 Å². The molecule has 3 heterocycles. The second kappa shape index (κ2) is 41.0. The normalized spacial score (nSPS) is 23.0. The number of rotatable bonds is 33. The number of esters is 5. The average molecular weight is 1640 g/mol. The Hall–Kier alpha value is -11.5. The molecule has 0 spiro atoms. The zero-order valence-electron chi connectivity index (χ0n) is 66.9. The SMILES string of the molecule is Cc1ccc(C(=O)O[C@H]2[C@H](O[C@@H]3[C@@H](OC(=O)c4ccccc4)[C@H](OC[C@H]4O[C@H](O)[C@H](OC(=O)c5ccccc5)[C@@H](OC(=O)c5ccccc5)[C@@H]4OC(=O)c4ccccc4)O[C@H](CO[Si](c4ccccc4)(c4ccccc4)C(C)(C)C)[C@H]3OCc3ccccc3)O[C@H](COCc3ccccc3)[C@@H](OCc3ccccc3)[C@@H]2OCc2ccccc2)cc1. The van der Waals surface area contributed by atoms with Gasteiger partial charge in [0.1, 0.15) is 42.7 Å². The van der Waals surface area contributed by atoms with E-state index in [9.17, 15) is 19.5 Å². The smallest absolute Gasteiger partial charge is 0.338 e. The summed E-state index contributed by atoms with van der Waals surface area (Å²) in [6, 6.07) is 96.9. The van der Waals surface area contributed by atoms with Gasteiger partial charge in [0.2, 0.25) is 0 Å². The lowest BCUT2D eigenvalue weighted by Gasteiger charge is -2.50. The Morgan fingerprint density at radius 2 is 0.625 bits per heavy atom. The van der Waals surface area contributed by atoms with Crippen LogP contribution in [-0.4, -0.2) is 155 Å². The van der Waals surface area contributed by atoms with Gasteiger partial charge in [0.15, 0.2) is 49.4 Å². The lowest BCUT2D eigenvalue weighted by Crippen LogP contribution is -2.69. The highest BCUT2D eigenvalue weighted by molar-refractivity contribution is 6.99. The maximum absolute atomic E-state index is 15.7. The van der Waals surface area contributed by atoms with Crippen LogP contribution in [0.3, 0.4) is 0 Å². The molecule has 3 saturated heterocycles. The highest BCUT2D eigenvalue weighted by Gasteiger charge is 2.60. The molecule has 0 saturated carbocycles. The number of benzene rings is 11. The Kier molecular flexibility index (Phi) is 29.0. The average Bonchev–Trinajstić information content (AvgIpc) is 0.744. The van der Waals surface area contributed by atoms with Crippen molar-refractivity contribution in [2.75, 3.05) is 19.8 Å². The molecule has 15 atom stereocenters. The summed E-state index contributed by atoms with van der Waals surface area (Å²) < 4.78 is 106. The lowest BCUT2D eigenvalue weighted by molar-refractivity contribution is -0.371. The van der Waals surface area contributed by atoms with E-state index in [1.165, 1.54) is 36.4 Å². The maximum atomic E-state index is 15.7. The second-order valence-corrected chi connectivity index (χ2v) is 34.8. The van der Waals surface area contributed by atoms with E-state index in [1.807, 2.05) is 165 Å². The molecule has 0 radical (unpaired) electrons. The standard InChI is InChI=1S/C98H96O21Si/c1-66-55-57-75(58-56-66)94(103)117-88-84(108-62-70-41-21-8-22-42-70)81(106-60-68-37-17-6-18-38-68)78(63-105-59-67-35-15-5-16-36-67)113-97(88)119-85-82(107-61-69-39-19-7-20-40-69)80(65-110-120(98(2,3)4,76-51-31-13-32-52-76)77-53-33-14-34-54-77)112-96(89(85)118-93(102)74-49-29-12-30-50-74)109-64-79-83(114-90(99)71-43-23-9-24-44-71)86(115-91(100)72-45-25-10-26-46-72)87(95(104)111-79)116-92(101)73-47-27-11-28-48-73/h5-58,78-89,95-97,104H,59-65H2,1-4H3/t78-,79-,80-,81-,82-,83-,84+,85+,86+,87-,88-,89-,95+,96-,97+/m1/s1. The maximum Gasteiger partial charge on any atom is 0.338 e. The molecule has 0 unspecified atom stereocenters. The highest BCUT2D eigenvalue weighted by Crippen LogP contribution is 2.42. The molecule has 11 aromatic carbocycles. The first-order valence-electron chi connectivity index (χ1n) is 40.1. The van der Waals surface area contributed by atoms with Crippen molar-refractivity contribution in [1.82, 2.24) is 0 Å². The molecule has 0 bridgehead atoms. The van der Waals surface area contributed by atoms with Crippen molar-refractivity contribution < 1.29 is 99.8 Å². The highest BCUT2D eigenvalue weighted by atomic mass is 28.4. The molecule has 3 fully saturated rings. The molecule has 14 rings (SSSR count). The first-order chi connectivity index (χ1) is 58.5. The zero-order valence-corrected chi connectivity index (χ0v) is 67.9. The molecule has 21 nitrogen and oxygen atoms in total. The van der Waals surface area contributed by atoms with E-state index < -0.39 is 142 Å². The van der Waals surface area contributed by atoms with Crippen LogP contribution in [0.25, 0.3) is 0 Å². The van der Waals surface area contributed by atoms with Crippen molar-refractivity contribution in [2.45, 2.75) is 151 Å². The number of carbonyl (C=O) groups excluding carboxylic acids is 5. The third-order valence-electron chi connectivity index (χ3n) is 21.2. The number of hydrogen-bond donors (Lipinski definition) is 1. The summed E-state index contributed by atoms with van der Waals surface area (Å²) >= 11 is 0. The van der Waals surface area contributed by atoms with E-state index in [4.69, 9.17) is 70.7 Å². The van der Waals surface area contributed by atoms with E-state index in [0.717, 1.165) is 32.6 Å². The molecule has 0 aliphatic carbocycles. The Bertz CT molecular complexity index is 4990. The van der Waals surface area contributed by atoms with Crippen LogP contribution < -0.4 is 10.4 Å². The number of hydrogen-bond acceptors (Lipinski definition) is 21. The molecule has 0 aromatic heterocycles. The van der Waals surface area contributed by atoms with Crippen molar-refractivity contribution in [3.05, 3.63) is 383 Å². The van der Waals surface area contributed by atoms with Crippen LogP contribution in [0.1, 0.15) is 100 Å². The summed E-state index contributed by atoms with van der Waals surface area (Å²) in [4.78, 5) is 75.0. The first kappa shape index (κ1) is 85.0. The van der Waals surface area contributed by atoms with Gasteiger partial charge in [-0.3, -0.25) is 0 Å². The number of carbonyl (C=O) groups is 5. The van der Waals surface area contributed by atoms with Crippen LogP contribution in [0, 0.1) is 6.92 Å². The summed E-state index contributed by atoms with van der Waals surface area (Å²) in [5.41, 5.74) is 4.45. The molecule has 0 amide bonds. The number of aryl methyl sites for hydroxylation is 1. The van der Waals surface area contributed by atoms with Crippen LogP contribution in [0.4, 0.5) is 0 Å². The van der Waals surface area contributed by atoms with Gasteiger partial charge in [0, 0.05) is 0 Å². The van der Waals surface area contributed by atoms with Crippen molar-refractivity contribution in [1.29, 1.82) is 0 Å². The third-order valence-corrected chi connectivity index (χ3v) is 26.2. The van der Waals surface area contributed by atoms with Crippen molar-refractivity contribution >= 4 is 48.5 Å². The quantitative estimate of drug-likeness (QED) is 0.0228. The minimum absolute atomic E-state index is 0.0298. The summed E-state index contributed by atoms with van der Waals surface area (Å²) in [5, 5.41) is 13.8. The fourth-order valence-corrected chi connectivity index (χ4v) is 19.7. The van der Waals surface area contributed by atoms with Crippen LogP contribution in [0.2, 0.25) is 5.04 Å². The van der Waals surface area contributed by atoms with Gasteiger partial charge in [-0.05, 0) is 105 Å². The minimum Gasteiger partial charge on any atom is -0.452 e. The molecular weight excluding hydrogens is 1540 g/mol. The van der Waals surface area contributed by atoms with Crippen LogP contribution in [0.5, 0.6) is 0 Å². The zero-order chi connectivity index (χ0) is 83.2. The van der Waals surface area contributed by atoms with Gasteiger partial charge in [0.25, 0.3) is 8.32 Å². The summed E-state index contributed by atoms with van der Waals surface area (Å²) in [7, 11) is -3.62. The molecule has 3 aliphatic heterocycles. The number of ether oxygens (including phenoxy) is 14. The van der Waals surface area contributed by atoms with Gasteiger partial charge in [0.05, 0.1) is 74.1 Å². The summed E-state index contributed by atoms with van der Waals surface area (Å²) in [6.45, 7) is 7.03. The fourth-order valence-electron chi connectivity index (χ4n) is 15.1. The molecule has 1 N–H and O–H groups in total. The Morgan fingerprint density at radius 1 is 0.308 bits per heavy atom. The van der Waals surface area contributed by atoms with E-state index in [-0.39, 0.29) is 67.5 Å². The predicted octanol–water partition coefficient (Wildman–Crippen LogP) is 14.5. The first-order valence-corrected chi connectivity index (χ1v) is 42.0. The molecule has 618 valence electrons. The minimum atomic E-state index is -3.62. The van der Waals surface area contributed by atoms with Gasteiger partial charge >= 0.3 is 29.8 Å². The van der Waals surface area contributed by atoms with Gasteiger partial charge < -0.3 is 75.8 Å². The molecule has 11 aromatic rings. The van der Waals surface area contributed by atoms with Crippen LogP contribution >= 0.6 is 0 Å². The van der Waals surface area contributed by atoms with E-state index in [2.05, 4.69) is 45.0 Å². The predicted molar refractivity (Wildman–Crippen MR) is 447 cm³/mol. The lowest BCUT2D eigenvalue weighted by atomic mass is 9.95. The van der Waals surface area contributed by atoms with E-state index in [1.54, 1.807) is 109 Å². The Balaban J connectivity index is 0.947. The Morgan fingerprint density at radius 3 is 1.04 bits per heavy atom. The Labute approximate surface area is 698 Å². The van der Waals surface area contributed by atoms with E-state index >= 15 is 9.59 Å². The van der Waals surface area contributed by atoms with Crippen LogP contribution in [0.15, 0.2) is 328 Å². The molecule has 22 heteroatoms. The van der Waals surface area contributed by atoms with Crippen molar-refractivity contribution in [2.24, 2.45) is 0 Å². The molecular formula is C98H96O21Si. The molecule has 120 heavy (non-hydrogen) atoms.